The molecule has 88 valence electrons. The Hall–Kier alpha value is -1.09. The maximum Gasteiger partial charge on any atom is 0.176 e. The van der Waals surface area contributed by atoms with Crippen molar-refractivity contribution < 1.29 is 9.47 Å². The summed E-state index contributed by atoms with van der Waals surface area (Å²) in [6.45, 7) is 5.21. The third-order valence-electron chi connectivity index (χ3n) is 1.93. The molecule has 6 heteroatoms. The van der Waals surface area contributed by atoms with Crippen LogP contribution in [0.25, 0.3) is 0 Å². The van der Waals surface area contributed by atoms with Gasteiger partial charge < -0.3 is 9.47 Å². The molecule has 5 nitrogen and oxygen atoms in total. The van der Waals surface area contributed by atoms with Crippen LogP contribution in [0.1, 0.15) is 19.5 Å². The van der Waals surface area contributed by atoms with Crippen molar-refractivity contribution in [2.45, 2.75) is 26.7 Å². The lowest BCUT2D eigenvalue weighted by Crippen LogP contribution is -2.24. The molecule has 0 aliphatic heterocycles. The molecule has 0 amide bonds. The zero-order chi connectivity index (χ0) is 12.0. The summed E-state index contributed by atoms with van der Waals surface area (Å²) in [7, 11) is 0. The first kappa shape index (κ1) is 13.0. The molecule has 0 unspecified atom stereocenters. The number of ether oxygens (including phenoxy) is 2. The molecule has 0 N–H and O–H groups in total. The van der Waals surface area contributed by atoms with Crippen LogP contribution < -0.4 is 0 Å². The number of rotatable bonds is 6. The molecule has 1 rings (SSSR count). The minimum atomic E-state index is -0.405. The fourth-order valence-corrected chi connectivity index (χ4v) is 1.46. The lowest BCUT2D eigenvalue weighted by Gasteiger charge is -2.17. The average molecular weight is 244 g/mol. The minimum Gasteiger partial charge on any atom is -0.351 e. The number of nitriles is 1. The van der Waals surface area contributed by atoms with Crippen LogP contribution >= 0.6 is 11.6 Å². The Balaban J connectivity index is 2.73. The van der Waals surface area contributed by atoms with Gasteiger partial charge in [0.2, 0.25) is 0 Å². The largest absolute Gasteiger partial charge is 0.351 e. The fraction of sp³-hybridized carbons (Fsp3) is 0.600. The van der Waals surface area contributed by atoms with E-state index in [-0.39, 0.29) is 0 Å². The van der Waals surface area contributed by atoms with Crippen LogP contribution in [0.3, 0.4) is 0 Å². The third-order valence-corrected chi connectivity index (χ3v) is 2.20. The second-order valence-electron chi connectivity index (χ2n) is 2.98. The van der Waals surface area contributed by atoms with E-state index in [1.165, 1.54) is 10.9 Å². The molecule has 16 heavy (non-hydrogen) atoms. The quantitative estimate of drug-likeness (QED) is 0.715. The Kier molecular flexibility index (Phi) is 5.26. The summed E-state index contributed by atoms with van der Waals surface area (Å²) in [4.78, 5) is 0. The molecular weight excluding hydrogens is 230 g/mol. The first-order valence-electron chi connectivity index (χ1n) is 5.07. The average Bonchev–Trinajstić information content (AvgIpc) is 2.60. The van der Waals surface area contributed by atoms with E-state index in [0.717, 1.165) is 0 Å². The van der Waals surface area contributed by atoms with Crippen molar-refractivity contribution in [3.05, 3.63) is 16.9 Å². The van der Waals surface area contributed by atoms with Crippen molar-refractivity contribution >= 4 is 11.6 Å². The maximum absolute atomic E-state index is 8.88. The van der Waals surface area contributed by atoms with Crippen molar-refractivity contribution in [3.63, 3.8) is 0 Å². The smallest absolute Gasteiger partial charge is 0.176 e. The molecule has 0 aliphatic rings. The molecule has 0 saturated carbocycles. The molecule has 0 saturated heterocycles. The molecule has 0 spiro atoms. The molecule has 0 aliphatic carbocycles. The SMILES string of the molecule is CCOC(Cn1ncc(Cl)c1C#N)OCC. The predicted molar refractivity (Wildman–Crippen MR) is 59.0 cm³/mol. The number of hydrogen-bond acceptors (Lipinski definition) is 4. The first-order valence-corrected chi connectivity index (χ1v) is 5.45. The van der Waals surface area contributed by atoms with Gasteiger partial charge in [-0.15, -0.1) is 0 Å². The highest BCUT2D eigenvalue weighted by Gasteiger charge is 2.14. The third kappa shape index (κ3) is 3.20. The number of halogens is 1. The van der Waals surface area contributed by atoms with E-state index < -0.39 is 6.29 Å². The van der Waals surface area contributed by atoms with Crippen LogP contribution in [0.4, 0.5) is 0 Å². The fourth-order valence-electron chi connectivity index (χ4n) is 1.28. The van der Waals surface area contributed by atoms with E-state index >= 15 is 0 Å². The Morgan fingerprint density at radius 2 is 2.12 bits per heavy atom. The topological polar surface area (TPSA) is 60.1 Å². The summed E-state index contributed by atoms with van der Waals surface area (Å²) in [6.07, 6.45) is 1.03. The summed E-state index contributed by atoms with van der Waals surface area (Å²) >= 11 is 5.80. The highest BCUT2D eigenvalue weighted by atomic mass is 35.5. The Morgan fingerprint density at radius 3 is 2.62 bits per heavy atom. The zero-order valence-electron chi connectivity index (χ0n) is 9.31. The molecule has 0 fully saturated rings. The van der Waals surface area contributed by atoms with Gasteiger partial charge in [0.05, 0.1) is 17.8 Å². The van der Waals surface area contributed by atoms with E-state index in [1.54, 1.807) is 0 Å². The van der Waals surface area contributed by atoms with Crippen LogP contribution in [0.5, 0.6) is 0 Å². The first-order chi connectivity index (χ1) is 7.72. The van der Waals surface area contributed by atoms with E-state index in [2.05, 4.69) is 5.10 Å². The van der Waals surface area contributed by atoms with Crippen molar-refractivity contribution in [1.29, 1.82) is 5.26 Å². The summed E-state index contributed by atoms with van der Waals surface area (Å²) < 4.78 is 12.2. The van der Waals surface area contributed by atoms with Crippen LogP contribution in [-0.4, -0.2) is 29.3 Å². The standard InChI is InChI=1S/C10H14ClN3O2/c1-3-15-10(16-4-2)7-14-9(5-12)8(11)6-13-14/h6,10H,3-4,7H2,1-2H3. The summed E-state index contributed by atoms with van der Waals surface area (Å²) in [5, 5.41) is 13.2. The van der Waals surface area contributed by atoms with Crippen molar-refractivity contribution in [3.8, 4) is 6.07 Å². The van der Waals surface area contributed by atoms with Gasteiger partial charge in [-0.3, -0.25) is 0 Å². The monoisotopic (exact) mass is 243 g/mol. The van der Waals surface area contributed by atoms with Gasteiger partial charge in [-0.2, -0.15) is 10.4 Å². The van der Waals surface area contributed by atoms with Crippen molar-refractivity contribution in [2.24, 2.45) is 0 Å². The molecule has 0 aromatic carbocycles. The van der Waals surface area contributed by atoms with Crippen molar-refractivity contribution in [1.82, 2.24) is 9.78 Å². The van der Waals surface area contributed by atoms with Gasteiger partial charge in [0.25, 0.3) is 0 Å². The van der Waals surface area contributed by atoms with Gasteiger partial charge in [-0.25, -0.2) is 4.68 Å². The van der Waals surface area contributed by atoms with Crippen LogP contribution in [0.2, 0.25) is 5.02 Å². The van der Waals surface area contributed by atoms with Gasteiger partial charge in [0.1, 0.15) is 6.07 Å². The van der Waals surface area contributed by atoms with Crippen LogP contribution in [-0.2, 0) is 16.0 Å². The lowest BCUT2D eigenvalue weighted by molar-refractivity contribution is -0.145. The second kappa shape index (κ2) is 6.48. The lowest BCUT2D eigenvalue weighted by atomic mass is 10.4. The van der Waals surface area contributed by atoms with Gasteiger partial charge in [-0.05, 0) is 13.8 Å². The second-order valence-corrected chi connectivity index (χ2v) is 3.38. The summed E-state index contributed by atoms with van der Waals surface area (Å²) in [5.41, 5.74) is 0.325. The van der Waals surface area contributed by atoms with E-state index in [0.29, 0.717) is 30.5 Å². The molecule has 0 atom stereocenters. The highest BCUT2D eigenvalue weighted by molar-refractivity contribution is 6.31. The van der Waals surface area contributed by atoms with Gasteiger partial charge in [0, 0.05) is 13.2 Å². The molecule has 1 aromatic rings. The molecule has 1 aromatic heterocycles. The van der Waals surface area contributed by atoms with E-state index in [1.807, 2.05) is 19.9 Å². The summed E-state index contributed by atoms with van der Waals surface area (Å²) in [6, 6.07) is 1.99. The van der Waals surface area contributed by atoms with Gasteiger partial charge in [0.15, 0.2) is 12.0 Å². The minimum absolute atomic E-state index is 0.325. The Morgan fingerprint density at radius 1 is 1.50 bits per heavy atom. The van der Waals surface area contributed by atoms with Gasteiger partial charge in [-0.1, -0.05) is 11.6 Å². The summed E-state index contributed by atoms with van der Waals surface area (Å²) in [5.74, 6) is 0. The normalized spacial score (nSPS) is 10.7. The Labute approximate surface area is 99.5 Å². The zero-order valence-corrected chi connectivity index (χ0v) is 10.1. The highest BCUT2D eigenvalue weighted by Crippen LogP contribution is 2.14. The van der Waals surface area contributed by atoms with Gasteiger partial charge >= 0.3 is 0 Å². The van der Waals surface area contributed by atoms with Crippen molar-refractivity contribution in [2.75, 3.05) is 13.2 Å². The molecule has 1 heterocycles. The molecule has 0 radical (unpaired) electrons. The predicted octanol–water partition coefficient (Wildman–Crippen LogP) is 1.81. The van der Waals surface area contributed by atoms with Crippen LogP contribution in [0.15, 0.2) is 6.20 Å². The van der Waals surface area contributed by atoms with Crippen LogP contribution in [0, 0.1) is 11.3 Å². The number of hydrogen-bond donors (Lipinski definition) is 0. The number of nitrogens with zero attached hydrogens (tertiary/aromatic N) is 3. The maximum atomic E-state index is 8.88. The van der Waals surface area contributed by atoms with E-state index in [9.17, 15) is 0 Å². The molecular formula is C10H14ClN3O2. The molecule has 0 bridgehead atoms. The Bertz CT molecular complexity index is 367. The number of aromatic nitrogens is 2. The van der Waals surface area contributed by atoms with E-state index in [4.69, 9.17) is 26.3 Å².